The third kappa shape index (κ3) is 2.37. The number of fused-ring (bicyclic) bond motifs is 6. The summed E-state index contributed by atoms with van der Waals surface area (Å²) >= 11 is 3.26. The lowest BCUT2D eigenvalue weighted by Crippen LogP contribution is -2.33. The minimum Gasteiger partial charge on any atom is -0.504 e. The van der Waals surface area contributed by atoms with E-state index in [1.807, 2.05) is 30.8 Å². The number of ether oxygens (including phenoxy) is 1. The zero-order valence-corrected chi connectivity index (χ0v) is 15.7. The van der Waals surface area contributed by atoms with E-state index in [0.717, 1.165) is 16.9 Å². The summed E-state index contributed by atoms with van der Waals surface area (Å²) in [6.07, 6.45) is 3.97. The van der Waals surface area contributed by atoms with Crippen molar-refractivity contribution in [1.82, 2.24) is 4.98 Å². The number of phenols is 1. The zero-order chi connectivity index (χ0) is 17.1. The fourth-order valence-electron chi connectivity index (χ4n) is 5.22. The van der Waals surface area contributed by atoms with Gasteiger partial charge in [0.25, 0.3) is 0 Å². The topological polar surface area (TPSA) is 62.3 Å². The molecule has 2 heterocycles. The van der Waals surface area contributed by atoms with Gasteiger partial charge < -0.3 is 14.8 Å². The minimum absolute atomic E-state index is 0.0404. The van der Waals surface area contributed by atoms with E-state index in [0.29, 0.717) is 23.5 Å². The Balaban J connectivity index is 1.65. The van der Waals surface area contributed by atoms with Gasteiger partial charge in [-0.1, -0.05) is 17.4 Å². The number of aromatic amines is 1. The molecule has 2 saturated carbocycles. The number of H-pyrrole nitrogens is 1. The lowest BCUT2D eigenvalue weighted by molar-refractivity contribution is 0.302. The van der Waals surface area contributed by atoms with Gasteiger partial charge in [0.15, 0.2) is 11.5 Å². The summed E-state index contributed by atoms with van der Waals surface area (Å²) < 4.78 is 5.61. The fraction of sp³-hybridized carbons (Fsp3) is 0.526. The van der Waals surface area contributed by atoms with Crippen LogP contribution in [0.25, 0.3) is 0 Å². The van der Waals surface area contributed by atoms with Gasteiger partial charge in [0.2, 0.25) is 0 Å². The molecule has 25 heavy (non-hydrogen) atoms. The average Bonchev–Trinajstić information content (AvgIpc) is 3.28. The maximum absolute atomic E-state index is 12.0. The Morgan fingerprint density at radius 1 is 1.32 bits per heavy atom. The average molecular weight is 376 g/mol. The van der Waals surface area contributed by atoms with Crippen molar-refractivity contribution in [1.29, 1.82) is 0 Å². The second-order valence-corrected chi connectivity index (χ2v) is 9.54. The first kappa shape index (κ1) is 15.8. The van der Waals surface area contributed by atoms with Gasteiger partial charge >= 0.3 is 4.87 Å². The van der Waals surface area contributed by atoms with Crippen LogP contribution < -0.4 is 9.61 Å². The molecule has 4 nitrogen and oxygen atoms in total. The lowest BCUT2D eigenvalue weighted by Gasteiger charge is -2.40. The predicted octanol–water partition coefficient (Wildman–Crippen LogP) is 4.19. The van der Waals surface area contributed by atoms with Crippen LogP contribution in [-0.2, 0) is 0 Å². The van der Waals surface area contributed by atoms with Crippen molar-refractivity contribution in [3.05, 3.63) is 38.3 Å². The second kappa shape index (κ2) is 5.81. The lowest BCUT2D eigenvalue weighted by atomic mass is 9.75. The quantitative estimate of drug-likeness (QED) is 0.844. The molecule has 3 aliphatic rings. The number of aromatic nitrogens is 1. The zero-order valence-electron chi connectivity index (χ0n) is 14.0. The van der Waals surface area contributed by atoms with Crippen molar-refractivity contribution in [3.8, 4) is 11.5 Å². The van der Waals surface area contributed by atoms with Crippen LogP contribution in [0.2, 0.25) is 0 Å². The molecular weight excluding hydrogens is 354 g/mol. The van der Waals surface area contributed by atoms with Crippen LogP contribution in [0.3, 0.4) is 0 Å². The van der Waals surface area contributed by atoms with Gasteiger partial charge in [-0.3, -0.25) is 4.79 Å². The van der Waals surface area contributed by atoms with Crippen molar-refractivity contribution < 1.29 is 9.84 Å². The normalized spacial score (nSPS) is 32.4. The Bertz CT molecular complexity index is 874. The first-order valence-electron chi connectivity index (χ1n) is 9.01. The Hall–Kier alpha value is -1.40. The number of thioether (sulfide) groups is 1. The molecule has 6 heteroatoms. The Kier molecular flexibility index (Phi) is 3.68. The van der Waals surface area contributed by atoms with Gasteiger partial charge in [-0.05, 0) is 61.6 Å². The molecule has 2 fully saturated rings. The summed E-state index contributed by atoms with van der Waals surface area (Å²) in [7, 11) is 0. The van der Waals surface area contributed by atoms with Crippen molar-refractivity contribution in [2.75, 3.05) is 6.61 Å². The summed E-state index contributed by atoms with van der Waals surface area (Å²) in [5, 5.41) is 11.7. The van der Waals surface area contributed by atoms with Crippen molar-refractivity contribution >= 4 is 23.1 Å². The SMILES string of the molecule is CCOc1cc([C@@H]2c3sc(=O)[nH]c3S[C@@H]3[C@H]4CC[C@@H](C4)[C@H]23)ccc1O. The molecule has 2 aliphatic carbocycles. The van der Waals surface area contributed by atoms with E-state index in [4.69, 9.17) is 4.74 Å². The second-order valence-electron chi connectivity index (χ2n) is 7.34. The molecule has 0 unspecified atom stereocenters. The van der Waals surface area contributed by atoms with Gasteiger partial charge in [0, 0.05) is 16.0 Å². The van der Waals surface area contributed by atoms with Crippen LogP contribution in [0.5, 0.6) is 11.5 Å². The Morgan fingerprint density at radius 3 is 3.00 bits per heavy atom. The molecule has 1 aromatic heterocycles. The first-order chi connectivity index (χ1) is 12.2. The highest BCUT2D eigenvalue weighted by Crippen LogP contribution is 2.63. The third-order valence-electron chi connectivity index (χ3n) is 6.11. The molecule has 2 aromatic rings. The molecule has 0 spiro atoms. The van der Waals surface area contributed by atoms with E-state index in [1.54, 1.807) is 6.07 Å². The first-order valence-corrected chi connectivity index (χ1v) is 10.7. The molecule has 0 saturated heterocycles. The van der Waals surface area contributed by atoms with E-state index < -0.39 is 0 Å². The van der Waals surface area contributed by atoms with Crippen LogP contribution >= 0.6 is 23.1 Å². The van der Waals surface area contributed by atoms with Crippen LogP contribution in [0.1, 0.15) is 42.5 Å². The largest absolute Gasteiger partial charge is 0.504 e. The molecule has 0 amide bonds. The number of hydrogen-bond donors (Lipinski definition) is 2. The van der Waals surface area contributed by atoms with Gasteiger partial charge in [-0.25, -0.2) is 0 Å². The maximum Gasteiger partial charge on any atom is 0.305 e. The van der Waals surface area contributed by atoms with E-state index >= 15 is 0 Å². The van der Waals surface area contributed by atoms with E-state index in [2.05, 4.69) is 4.98 Å². The van der Waals surface area contributed by atoms with E-state index in [1.165, 1.54) is 41.0 Å². The smallest absolute Gasteiger partial charge is 0.305 e. The number of phenolic OH excluding ortho intramolecular Hbond substituents is 1. The fourth-order valence-corrected chi connectivity index (χ4v) is 8.11. The number of nitrogens with one attached hydrogen (secondary N) is 1. The van der Waals surface area contributed by atoms with Crippen LogP contribution in [0.15, 0.2) is 28.0 Å². The van der Waals surface area contributed by atoms with Gasteiger partial charge in [-0.2, -0.15) is 0 Å². The highest BCUT2D eigenvalue weighted by atomic mass is 32.2. The molecular formula is C19H21NO3S2. The molecule has 132 valence electrons. The molecule has 1 aromatic carbocycles. The summed E-state index contributed by atoms with van der Waals surface area (Å²) in [5.74, 6) is 3.08. The number of aromatic hydroxyl groups is 1. The summed E-state index contributed by atoms with van der Waals surface area (Å²) in [5.41, 5.74) is 1.17. The Morgan fingerprint density at radius 2 is 2.16 bits per heavy atom. The van der Waals surface area contributed by atoms with Crippen molar-refractivity contribution in [3.63, 3.8) is 0 Å². The number of thiazole rings is 1. The molecule has 5 rings (SSSR count). The molecule has 2 N–H and O–H groups in total. The minimum atomic E-state index is 0.0404. The molecule has 2 bridgehead atoms. The molecule has 5 atom stereocenters. The van der Waals surface area contributed by atoms with Crippen molar-refractivity contribution in [2.45, 2.75) is 42.4 Å². The van der Waals surface area contributed by atoms with Crippen LogP contribution in [-0.4, -0.2) is 21.9 Å². The number of benzene rings is 1. The van der Waals surface area contributed by atoms with E-state index in [9.17, 15) is 9.90 Å². The molecule has 1 aliphatic heterocycles. The summed E-state index contributed by atoms with van der Waals surface area (Å²) in [6.45, 7) is 2.45. The third-order valence-corrected chi connectivity index (χ3v) is 8.73. The van der Waals surface area contributed by atoms with Crippen molar-refractivity contribution in [2.24, 2.45) is 17.8 Å². The van der Waals surface area contributed by atoms with Gasteiger partial charge in [0.1, 0.15) is 0 Å². The number of rotatable bonds is 3. The predicted molar refractivity (Wildman–Crippen MR) is 100 cm³/mol. The maximum atomic E-state index is 12.0. The molecule has 0 radical (unpaired) electrons. The summed E-state index contributed by atoms with van der Waals surface area (Å²) in [4.78, 5) is 16.3. The van der Waals surface area contributed by atoms with E-state index in [-0.39, 0.29) is 16.5 Å². The standard InChI is InChI=1S/C19H21NO3S2/c1-2-23-13-8-10(5-6-12(13)21)15-14-9-3-4-11(7-9)16(14)24-18-17(15)25-19(22)20-18/h5-6,8-9,11,14-16,21H,2-4,7H2,1H3,(H,20,22)/t9-,11-,14+,15-,16+/m0/s1. The van der Waals surface area contributed by atoms with Crippen LogP contribution in [0.4, 0.5) is 0 Å². The highest BCUT2D eigenvalue weighted by molar-refractivity contribution is 8.00. The monoisotopic (exact) mass is 375 g/mol. The number of hydrogen-bond acceptors (Lipinski definition) is 5. The summed E-state index contributed by atoms with van der Waals surface area (Å²) in [6, 6.07) is 5.73. The Labute approximate surface area is 154 Å². The van der Waals surface area contributed by atoms with Crippen LogP contribution in [0, 0.1) is 17.8 Å². The van der Waals surface area contributed by atoms with Gasteiger partial charge in [-0.15, -0.1) is 11.8 Å². The van der Waals surface area contributed by atoms with Gasteiger partial charge in [0.05, 0.1) is 11.6 Å². The highest BCUT2D eigenvalue weighted by Gasteiger charge is 2.54.